The normalized spacial score (nSPS) is 10.1. The fraction of sp³-hybridized carbons (Fsp3) is 0. The summed E-state index contributed by atoms with van der Waals surface area (Å²) < 4.78 is 23.5. The Morgan fingerprint density at radius 2 is 2.09 bits per heavy atom. The van der Waals surface area contributed by atoms with E-state index in [9.17, 15) is 19.3 Å². The summed E-state index contributed by atoms with van der Waals surface area (Å²) in [5.41, 5.74) is 4.41. The molecule has 0 saturated carbocycles. The molecule has 10 heteroatoms. The Hall–Kier alpha value is -2.94. The van der Waals surface area contributed by atoms with Gasteiger partial charge in [-0.25, -0.2) is 14.2 Å². The summed E-state index contributed by atoms with van der Waals surface area (Å²) in [5, 5.41) is 10.3. The molecule has 0 aliphatic carbocycles. The molecule has 1 aromatic heterocycles. The molecule has 0 aliphatic heterocycles. The first kappa shape index (κ1) is 15.4. The molecule has 2 N–H and O–H groups in total. The van der Waals surface area contributed by atoms with Gasteiger partial charge in [0.25, 0.3) is 5.69 Å². The lowest BCUT2D eigenvalue weighted by Gasteiger charge is -2.10. The Morgan fingerprint density at radius 3 is 2.68 bits per heavy atom. The first-order chi connectivity index (χ1) is 10.4. The van der Waals surface area contributed by atoms with Gasteiger partial charge < -0.3 is 15.2 Å². The van der Waals surface area contributed by atoms with Crippen LogP contribution in [0.5, 0.6) is 17.4 Å². The van der Waals surface area contributed by atoms with E-state index in [2.05, 4.69) is 9.72 Å². The third-order valence-electron chi connectivity index (χ3n) is 2.37. The quantitative estimate of drug-likeness (QED) is 0.681. The standard InChI is InChI=1S/C12H7ClFN3O5/c13-10-9(3-4-16-11(10)22-12(15)18)21-8-2-1-6(17(19)20)5-7(8)14/h1-5H,(H2,15,18). The van der Waals surface area contributed by atoms with Crippen molar-refractivity contribution in [1.82, 2.24) is 4.98 Å². The molecule has 1 aromatic carbocycles. The molecule has 114 valence electrons. The number of nitrogens with zero attached hydrogens (tertiary/aromatic N) is 2. The molecule has 22 heavy (non-hydrogen) atoms. The number of nitro benzene ring substituents is 1. The molecule has 0 radical (unpaired) electrons. The maximum Gasteiger partial charge on any atom is 0.411 e. The summed E-state index contributed by atoms with van der Waals surface area (Å²) in [7, 11) is 0. The molecule has 0 unspecified atom stereocenters. The van der Waals surface area contributed by atoms with Gasteiger partial charge in [-0.2, -0.15) is 0 Å². The van der Waals surface area contributed by atoms with E-state index < -0.39 is 22.5 Å². The van der Waals surface area contributed by atoms with Gasteiger partial charge in [0, 0.05) is 18.3 Å². The molecule has 0 fully saturated rings. The maximum absolute atomic E-state index is 13.7. The highest BCUT2D eigenvalue weighted by molar-refractivity contribution is 6.33. The Balaban J connectivity index is 2.31. The second kappa shape index (κ2) is 6.22. The molecule has 0 aliphatic rings. The van der Waals surface area contributed by atoms with Gasteiger partial charge >= 0.3 is 6.09 Å². The highest BCUT2D eigenvalue weighted by atomic mass is 35.5. The lowest BCUT2D eigenvalue weighted by Crippen LogP contribution is -2.17. The number of ether oxygens (including phenoxy) is 2. The van der Waals surface area contributed by atoms with Gasteiger partial charge in [0.05, 0.1) is 11.0 Å². The van der Waals surface area contributed by atoms with Crippen molar-refractivity contribution >= 4 is 23.4 Å². The van der Waals surface area contributed by atoms with E-state index in [0.29, 0.717) is 6.07 Å². The van der Waals surface area contributed by atoms with Crippen LogP contribution < -0.4 is 15.2 Å². The maximum atomic E-state index is 13.7. The smallest absolute Gasteiger partial charge is 0.411 e. The predicted octanol–water partition coefficient (Wildman–Crippen LogP) is 3.03. The van der Waals surface area contributed by atoms with Crippen LogP contribution in [0, 0.1) is 15.9 Å². The number of hydrogen-bond acceptors (Lipinski definition) is 6. The van der Waals surface area contributed by atoms with Crippen LogP contribution in [0.2, 0.25) is 5.02 Å². The van der Waals surface area contributed by atoms with E-state index in [4.69, 9.17) is 22.1 Å². The van der Waals surface area contributed by atoms with Crippen LogP contribution in [0.15, 0.2) is 30.5 Å². The zero-order chi connectivity index (χ0) is 16.3. The topological polar surface area (TPSA) is 118 Å². The number of aromatic nitrogens is 1. The fourth-order valence-corrected chi connectivity index (χ4v) is 1.65. The number of rotatable bonds is 4. The number of nitrogens with two attached hydrogens (primary N) is 1. The van der Waals surface area contributed by atoms with Crippen LogP contribution in [-0.4, -0.2) is 16.0 Å². The van der Waals surface area contributed by atoms with Crippen LogP contribution >= 0.6 is 11.6 Å². The Labute approximate surface area is 127 Å². The molecular formula is C12H7ClFN3O5. The van der Waals surface area contributed by atoms with E-state index in [1.54, 1.807) is 0 Å². The number of carbonyl (C=O) groups excluding carboxylic acids is 1. The van der Waals surface area contributed by atoms with Gasteiger partial charge in [0.15, 0.2) is 17.3 Å². The zero-order valence-corrected chi connectivity index (χ0v) is 11.4. The van der Waals surface area contributed by atoms with E-state index in [1.165, 1.54) is 12.3 Å². The van der Waals surface area contributed by atoms with Gasteiger partial charge in [0.1, 0.15) is 5.02 Å². The van der Waals surface area contributed by atoms with Crippen molar-refractivity contribution < 1.29 is 23.6 Å². The lowest BCUT2D eigenvalue weighted by atomic mass is 10.3. The van der Waals surface area contributed by atoms with Crippen LogP contribution in [-0.2, 0) is 0 Å². The van der Waals surface area contributed by atoms with Gasteiger partial charge in [-0.1, -0.05) is 11.6 Å². The van der Waals surface area contributed by atoms with Crippen molar-refractivity contribution in [3.8, 4) is 17.4 Å². The SMILES string of the molecule is NC(=O)Oc1nccc(Oc2ccc([N+](=O)[O-])cc2F)c1Cl. The number of halogens is 2. The van der Waals surface area contributed by atoms with Crippen molar-refractivity contribution in [3.63, 3.8) is 0 Å². The van der Waals surface area contributed by atoms with Gasteiger partial charge in [-0.15, -0.1) is 0 Å². The predicted molar refractivity (Wildman–Crippen MR) is 72.6 cm³/mol. The average molecular weight is 328 g/mol. The van der Waals surface area contributed by atoms with Gasteiger partial charge in [-0.05, 0) is 6.07 Å². The first-order valence-corrected chi connectivity index (χ1v) is 6.00. The van der Waals surface area contributed by atoms with Crippen LogP contribution in [0.25, 0.3) is 0 Å². The third-order valence-corrected chi connectivity index (χ3v) is 2.71. The second-order valence-electron chi connectivity index (χ2n) is 3.82. The lowest BCUT2D eigenvalue weighted by molar-refractivity contribution is -0.385. The molecule has 0 saturated heterocycles. The number of non-ortho nitro benzene ring substituents is 1. The number of primary amides is 1. The zero-order valence-electron chi connectivity index (χ0n) is 10.7. The number of benzene rings is 1. The summed E-state index contributed by atoms with van der Waals surface area (Å²) in [6, 6.07) is 4.12. The van der Waals surface area contributed by atoms with Crippen molar-refractivity contribution in [2.75, 3.05) is 0 Å². The number of nitro groups is 1. The Bertz CT molecular complexity index is 756. The Kier molecular flexibility index (Phi) is 4.37. The Morgan fingerprint density at radius 1 is 1.36 bits per heavy atom. The summed E-state index contributed by atoms with van der Waals surface area (Å²) in [6.45, 7) is 0. The first-order valence-electron chi connectivity index (χ1n) is 5.62. The minimum atomic E-state index is -1.13. The summed E-state index contributed by atoms with van der Waals surface area (Å²) in [5.74, 6) is -1.64. The van der Waals surface area contributed by atoms with E-state index in [1.807, 2.05) is 0 Å². The number of amides is 1. The molecule has 0 bridgehead atoms. The number of pyridine rings is 1. The fourth-order valence-electron chi connectivity index (χ4n) is 1.46. The average Bonchev–Trinajstić information content (AvgIpc) is 2.44. The number of hydrogen-bond donors (Lipinski definition) is 1. The van der Waals surface area contributed by atoms with Crippen molar-refractivity contribution in [3.05, 3.63) is 51.4 Å². The number of carbonyl (C=O) groups is 1. The van der Waals surface area contributed by atoms with Crippen LogP contribution in [0.4, 0.5) is 14.9 Å². The highest BCUT2D eigenvalue weighted by Gasteiger charge is 2.16. The monoisotopic (exact) mass is 327 g/mol. The second-order valence-corrected chi connectivity index (χ2v) is 4.20. The minimum Gasteiger partial charge on any atom is -0.452 e. The van der Waals surface area contributed by atoms with Crippen molar-refractivity contribution in [1.29, 1.82) is 0 Å². The van der Waals surface area contributed by atoms with Gasteiger partial charge in [0.2, 0.25) is 5.88 Å². The molecular weight excluding hydrogens is 321 g/mol. The van der Waals surface area contributed by atoms with E-state index in [0.717, 1.165) is 12.1 Å². The molecule has 0 atom stereocenters. The largest absolute Gasteiger partial charge is 0.452 e. The molecule has 1 amide bonds. The van der Waals surface area contributed by atoms with Crippen molar-refractivity contribution in [2.45, 2.75) is 0 Å². The molecule has 8 nitrogen and oxygen atoms in total. The van der Waals surface area contributed by atoms with E-state index >= 15 is 0 Å². The molecule has 1 heterocycles. The van der Waals surface area contributed by atoms with Crippen LogP contribution in [0.1, 0.15) is 0 Å². The summed E-state index contributed by atoms with van der Waals surface area (Å²) >= 11 is 5.89. The highest BCUT2D eigenvalue weighted by Crippen LogP contribution is 2.36. The molecule has 0 spiro atoms. The molecule has 2 aromatic rings. The minimum absolute atomic E-state index is 0.0688. The van der Waals surface area contributed by atoms with Gasteiger partial charge in [-0.3, -0.25) is 10.1 Å². The van der Waals surface area contributed by atoms with E-state index in [-0.39, 0.29) is 22.4 Å². The van der Waals surface area contributed by atoms with Crippen molar-refractivity contribution in [2.24, 2.45) is 5.73 Å². The van der Waals surface area contributed by atoms with Crippen LogP contribution in [0.3, 0.4) is 0 Å². The summed E-state index contributed by atoms with van der Waals surface area (Å²) in [6.07, 6.45) is 0.0658. The summed E-state index contributed by atoms with van der Waals surface area (Å²) in [4.78, 5) is 24.1. The third kappa shape index (κ3) is 3.38. The molecule has 2 rings (SSSR count).